The zero-order valence-corrected chi connectivity index (χ0v) is 33.9. The van der Waals surface area contributed by atoms with Crippen LogP contribution < -0.4 is 0 Å². The molecule has 3 atom stereocenters. The molecule has 0 bridgehead atoms. The fourth-order valence-corrected chi connectivity index (χ4v) is 5.90. The van der Waals surface area contributed by atoms with Crippen LogP contribution in [-0.2, 0) is 32.7 Å². The highest BCUT2D eigenvalue weighted by Crippen LogP contribution is 2.43. The van der Waals surface area contributed by atoms with Crippen LogP contribution in [-0.4, -0.2) is 65.7 Å². The van der Waals surface area contributed by atoms with Crippen molar-refractivity contribution in [2.24, 2.45) is 0 Å². The van der Waals surface area contributed by atoms with Crippen molar-refractivity contribution in [3.8, 4) is 0 Å². The summed E-state index contributed by atoms with van der Waals surface area (Å²) >= 11 is 0. The predicted molar refractivity (Wildman–Crippen MR) is 214 cm³/mol. The molecular formula is C42H73O10P. The first-order valence-corrected chi connectivity index (χ1v) is 21.8. The molecule has 0 saturated carbocycles. The first-order chi connectivity index (χ1) is 25.7. The van der Waals surface area contributed by atoms with Crippen molar-refractivity contribution < 1.29 is 47.8 Å². The second-order valence-electron chi connectivity index (χ2n) is 13.4. The highest BCUT2D eigenvalue weighted by molar-refractivity contribution is 7.47. The van der Waals surface area contributed by atoms with Crippen molar-refractivity contribution in [3.63, 3.8) is 0 Å². The van der Waals surface area contributed by atoms with E-state index in [-0.39, 0.29) is 19.4 Å². The molecule has 0 aliphatic carbocycles. The Morgan fingerprint density at radius 2 is 1.06 bits per heavy atom. The van der Waals surface area contributed by atoms with Crippen LogP contribution in [0, 0.1) is 0 Å². The molecule has 53 heavy (non-hydrogen) atoms. The first-order valence-electron chi connectivity index (χ1n) is 20.3. The molecule has 0 heterocycles. The third-order valence-corrected chi connectivity index (χ3v) is 9.20. The van der Waals surface area contributed by atoms with Crippen LogP contribution in [0.4, 0.5) is 0 Å². The standard InChI is InChI=1S/C42H73O10P/c1-3-5-7-9-11-13-15-17-19-21-23-25-27-29-31-33-41(45)49-37-40(38-51-53(47,48)50-36-39(44)35-43)52-42(46)34-32-30-28-26-24-22-20-18-16-14-12-10-8-6-4-2/h5,7,9,11,13-17,19,39-40,43-44H,3-4,6,8,10,12,18,20-38H2,1-2H3,(H,47,48)/b7-5+,11-9+,15-13+,16-14+,19-17+/t39-,40+/m0/s1. The van der Waals surface area contributed by atoms with Gasteiger partial charge in [-0.1, -0.05) is 145 Å². The quantitative estimate of drug-likeness (QED) is 0.0183. The van der Waals surface area contributed by atoms with Gasteiger partial charge >= 0.3 is 19.8 Å². The number of ether oxygens (including phenoxy) is 2. The van der Waals surface area contributed by atoms with Crippen molar-refractivity contribution >= 4 is 19.8 Å². The van der Waals surface area contributed by atoms with E-state index in [0.29, 0.717) is 12.8 Å². The lowest BCUT2D eigenvalue weighted by Crippen LogP contribution is -2.29. The van der Waals surface area contributed by atoms with E-state index in [4.69, 9.17) is 19.1 Å². The molecule has 0 spiro atoms. The predicted octanol–water partition coefficient (Wildman–Crippen LogP) is 10.3. The monoisotopic (exact) mass is 768 g/mol. The summed E-state index contributed by atoms with van der Waals surface area (Å²) in [7, 11) is -4.62. The van der Waals surface area contributed by atoms with Crippen LogP contribution in [0.3, 0.4) is 0 Å². The zero-order chi connectivity index (χ0) is 39.1. The molecular weight excluding hydrogens is 695 g/mol. The number of esters is 2. The SMILES string of the molecule is CC/C=C/C=C/C=C/C=C/CCCCCCCC(=O)OC[C@H](COP(=O)(O)OC[C@@H](O)CO)OC(=O)CCCCCCCCC/C=C/CCCCCC. The number of carbonyl (C=O) groups is 2. The summed E-state index contributed by atoms with van der Waals surface area (Å²) in [5, 5.41) is 18.3. The van der Waals surface area contributed by atoms with Gasteiger partial charge in [0, 0.05) is 12.8 Å². The van der Waals surface area contributed by atoms with Crippen molar-refractivity contribution in [1.82, 2.24) is 0 Å². The maximum Gasteiger partial charge on any atom is 0.472 e. The minimum absolute atomic E-state index is 0.171. The van der Waals surface area contributed by atoms with E-state index in [1.807, 2.05) is 36.5 Å². The maximum absolute atomic E-state index is 12.6. The third kappa shape index (κ3) is 37.8. The number of carbonyl (C=O) groups excluding carboxylic acids is 2. The minimum atomic E-state index is -4.62. The molecule has 0 fully saturated rings. The van der Waals surface area contributed by atoms with Crippen molar-refractivity contribution in [2.45, 2.75) is 167 Å². The molecule has 0 radical (unpaired) electrons. The van der Waals surface area contributed by atoms with E-state index < -0.39 is 51.8 Å². The van der Waals surface area contributed by atoms with Crippen LogP contribution in [0.25, 0.3) is 0 Å². The van der Waals surface area contributed by atoms with Crippen LogP contribution >= 0.6 is 7.82 Å². The molecule has 3 N–H and O–H groups in total. The number of allylic oxidation sites excluding steroid dienone is 10. The summed E-state index contributed by atoms with van der Waals surface area (Å²) < 4.78 is 32.6. The lowest BCUT2D eigenvalue weighted by Gasteiger charge is -2.20. The van der Waals surface area contributed by atoms with Gasteiger partial charge in [-0.05, 0) is 57.8 Å². The molecule has 0 saturated heterocycles. The van der Waals surface area contributed by atoms with Crippen molar-refractivity contribution in [2.75, 3.05) is 26.4 Å². The summed E-state index contributed by atoms with van der Waals surface area (Å²) in [5.74, 6) is -0.962. The van der Waals surface area contributed by atoms with Crippen molar-refractivity contribution in [3.05, 3.63) is 60.8 Å². The topological polar surface area (TPSA) is 149 Å². The largest absolute Gasteiger partial charge is 0.472 e. The van der Waals surface area contributed by atoms with Gasteiger partial charge in [0.25, 0.3) is 0 Å². The number of phosphoric ester groups is 1. The van der Waals surface area contributed by atoms with Gasteiger partial charge in [0.05, 0.1) is 19.8 Å². The number of aliphatic hydroxyl groups is 2. The Balaban J connectivity index is 4.39. The van der Waals surface area contributed by atoms with Crippen LogP contribution in [0.1, 0.15) is 155 Å². The Labute approximate surface area is 321 Å². The summed E-state index contributed by atoms with van der Waals surface area (Å²) in [6.07, 6.45) is 40.4. The zero-order valence-electron chi connectivity index (χ0n) is 33.0. The van der Waals surface area contributed by atoms with E-state index in [9.17, 15) is 24.2 Å². The van der Waals surface area contributed by atoms with Crippen LogP contribution in [0.5, 0.6) is 0 Å². The molecule has 0 amide bonds. The number of aliphatic hydroxyl groups excluding tert-OH is 2. The van der Waals surface area contributed by atoms with Gasteiger partial charge < -0.3 is 24.6 Å². The van der Waals surface area contributed by atoms with Gasteiger partial charge in [-0.25, -0.2) is 4.57 Å². The van der Waals surface area contributed by atoms with Gasteiger partial charge in [-0.15, -0.1) is 0 Å². The Hall–Kier alpha value is -2.33. The average Bonchev–Trinajstić information content (AvgIpc) is 3.14. The average molecular weight is 769 g/mol. The lowest BCUT2D eigenvalue weighted by molar-refractivity contribution is -0.161. The number of hydrogen-bond acceptors (Lipinski definition) is 9. The maximum atomic E-state index is 12.6. The highest BCUT2D eigenvalue weighted by Gasteiger charge is 2.27. The normalized spacial score (nSPS) is 14.6. The lowest BCUT2D eigenvalue weighted by atomic mass is 10.1. The Bertz CT molecular complexity index is 1070. The van der Waals surface area contributed by atoms with E-state index in [0.717, 1.165) is 64.2 Å². The minimum Gasteiger partial charge on any atom is -0.462 e. The summed E-state index contributed by atoms with van der Waals surface area (Å²) in [6, 6.07) is 0. The first kappa shape index (κ1) is 50.7. The Kier molecular flexibility index (Phi) is 36.3. The molecule has 11 heteroatoms. The van der Waals surface area contributed by atoms with Crippen LogP contribution in [0.2, 0.25) is 0 Å². The second-order valence-corrected chi connectivity index (χ2v) is 14.8. The van der Waals surface area contributed by atoms with Gasteiger partial charge in [0.15, 0.2) is 6.10 Å². The fraction of sp³-hybridized carbons (Fsp3) is 0.714. The van der Waals surface area contributed by atoms with Crippen molar-refractivity contribution in [1.29, 1.82) is 0 Å². The number of rotatable bonds is 37. The number of phosphoric acid groups is 1. The van der Waals surface area contributed by atoms with Gasteiger partial charge in [0.2, 0.25) is 0 Å². The molecule has 0 aliphatic heterocycles. The fourth-order valence-electron chi connectivity index (χ4n) is 5.11. The van der Waals surface area contributed by atoms with Gasteiger partial charge in [0.1, 0.15) is 12.7 Å². The van der Waals surface area contributed by atoms with Gasteiger partial charge in [-0.2, -0.15) is 0 Å². The van der Waals surface area contributed by atoms with Gasteiger partial charge in [-0.3, -0.25) is 18.6 Å². The van der Waals surface area contributed by atoms with Crippen LogP contribution in [0.15, 0.2) is 60.8 Å². The number of hydrogen-bond donors (Lipinski definition) is 3. The summed E-state index contributed by atoms with van der Waals surface area (Å²) in [6.45, 7) is 2.18. The summed E-state index contributed by atoms with van der Waals surface area (Å²) in [4.78, 5) is 34.9. The molecule has 0 aromatic rings. The smallest absolute Gasteiger partial charge is 0.462 e. The Morgan fingerprint density at radius 3 is 1.62 bits per heavy atom. The van der Waals surface area contributed by atoms with E-state index in [2.05, 4.69) is 42.7 Å². The molecule has 0 rings (SSSR count). The third-order valence-electron chi connectivity index (χ3n) is 8.25. The molecule has 306 valence electrons. The highest BCUT2D eigenvalue weighted by atomic mass is 31.2. The van der Waals surface area contributed by atoms with E-state index >= 15 is 0 Å². The molecule has 1 unspecified atom stereocenters. The van der Waals surface area contributed by atoms with E-state index in [1.165, 1.54) is 51.4 Å². The Morgan fingerprint density at radius 1 is 0.585 bits per heavy atom. The molecule has 0 aliphatic rings. The molecule has 0 aromatic carbocycles. The number of unbranched alkanes of at least 4 members (excludes halogenated alkanes) is 16. The van der Waals surface area contributed by atoms with E-state index in [1.54, 1.807) is 0 Å². The summed E-state index contributed by atoms with van der Waals surface area (Å²) in [5.41, 5.74) is 0. The molecule has 0 aromatic heterocycles. The molecule has 10 nitrogen and oxygen atoms in total. The second kappa shape index (κ2) is 38.0.